The zero-order valence-electron chi connectivity index (χ0n) is 19.3. The van der Waals surface area contributed by atoms with Crippen molar-refractivity contribution in [3.8, 4) is 22.5 Å². The average molecular weight is 490 g/mol. The molecule has 182 valence electrons. The molecule has 2 aromatic heterocycles. The Balaban J connectivity index is 1.30. The number of amides is 1. The van der Waals surface area contributed by atoms with Crippen LogP contribution in [0, 0.1) is 0 Å². The smallest absolute Gasteiger partial charge is 0.352 e. The first-order valence-electron chi connectivity index (χ1n) is 11.3. The van der Waals surface area contributed by atoms with E-state index in [1.807, 2.05) is 54.2 Å². The summed E-state index contributed by atoms with van der Waals surface area (Å²) in [5, 5.41) is 2.90. The molecule has 0 aliphatic heterocycles. The number of alkyl halides is 3. The number of carbonyl (C=O) groups is 1. The van der Waals surface area contributed by atoms with Crippen LogP contribution in [0.1, 0.15) is 21.6 Å². The fourth-order valence-corrected chi connectivity index (χ4v) is 3.98. The van der Waals surface area contributed by atoms with E-state index in [-0.39, 0.29) is 5.91 Å². The van der Waals surface area contributed by atoms with E-state index in [1.165, 1.54) is 6.07 Å². The van der Waals surface area contributed by atoms with Crippen LogP contribution in [0.4, 0.5) is 13.2 Å². The lowest BCUT2D eigenvalue weighted by atomic mass is 10.0. The largest absolute Gasteiger partial charge is 0.416 e. The van der Waals surface area contributed by atoms with Gasteiger partial charge in [-0.3, -0.25) is 4.79 Å². The molecule has 1 amide bonds. The number of carbonyl (C=O) groups excluding carboxylic acids is 1. The van der Waals surface area contributed by atoms with Gasteiger partial charge in [-0.05, 0) is 47.5 Å². The molecular formula is C27H22F3N5O. The number of hydrogen-bond acceptors (Lipinski definition) is 3. The average Bonchev–Trinajstić information content (AvgIpc) is 3.49. The fraction of sp³-hybridized carbons (Fsp3) is 0.148. The van der Waals surface area contributed by atoms with E-state index in [1.54, 1.807) is 18.5 Å². The van der Waals surface area contributed by atoms with Gasteiger partial charge in [0.05, 0.1) is 28.6 Å². The van der Waals surface area contributed by atoms with Gasteiger partial charge in [0.25, 0.3) is 5.91 Å². The fourth-order valence-electron chi connectivity index (χ4n) is 3.98. The Kier molecular flexibility index (Phi) is 6.05. The van der Waals surface area contributed by atoms with Crippen LogP contribution in [0.3, 0.4) is 0 Å². The molecule has 0 aliphatic rings. The zero-order valence-corrected chi connectivity index (χ0v) is 19.3. The summed E-state index contributed by atoms with van der Waals surface area (Å²) in [5.74, 6) is 0.321. The van der Waals surface area contributed by atoms with E-state index in [0.29, 0.717) is 35.4 Å². The van der Waals surface area contributed by atoms with Crippen LogP contribution in [0.25, 0.3) is 33.5 Å². The first kappa shape index (κ1) is 23.3. The molecule has 0 unspecified atom stereocenters. The highest BCUT2D eigenvalue weighted by molar-refractivity contribution is 5.94. The Morgan fingerprint density at radius 2 is 1.78 bits per heavy atom. The van der Waals surface area contributed by atoms with Gasteiger partial charge in [-0.1, -0.05) is 30.3 Å². The molecule has 36 heavy (non-hydrogen) atoms. The van der Waals surface area contributed by atoms with E-state index in [4.69, 9.17) is 0 Å². The molecule has 5 aromatic rings. The third-order valence-electron chi connectivity index (χ3n) is 5.85. The number of hydrogen-bond donors (Lipinski definition) is 2. The number of H-pyrrole nitrogens is 1. The standard InChI is InChI=1S/C27H22F3N5O/c1-35-15-22(32-16-35)11-12-31-26(36)18-7-5-17(6-8-18)19-3-2-4-20(13-19)25-33-23-10-9-21(27(28,29)30)14-24(23)34-25/h2-10,13-16H,11-12H2,1H3,(H,31,36)(H,33,34). The maximum absolute atomic E-state index is 13.0. The summed E-state index contributed by atoms with van der Waals surface area (Å²) in [6.07, 6.45) is -0.124. The SMILES string of the molecule is Cn1cnc(CCNC(=O)c2ccc(-c3cccc(-c4nc5ccc(C(F)(F)F)cc5[nH]4)c3)cc2)c1. The van der Waals surface area contributed by atoms with Gasteiger partial charge in [0.2, 0.25) is 0 Å². The summed E-state index contributed by atoms with van der Waals surface area (Å²) < 4.78 is 41.0. The Morgan fingerprint density at radius 3 is 2.50 bits per heavy atom. The number of fused-ring (bicyclic) bond motifs is 1. The van der Waals surface area contributed by atoms with Crippen molar-refractivity contribution in [3.63, 3.8) is 0 Å². The lowest BCUT2D eigenvalue weighted by Gasteiger charge is -2.07. The predicted molar refractivity (Wildman–Crippen MR) is 131 cm³/mol. The lowest BCUT2D eigenvalue weighted by molar-refractivity contribution is -0.137. The predicted octanol–water partition coefficient (Wildman–Crippen LogP) is 5.62. The van der Waals surface area contributed by atoms with Crippen molar-refractivity contribution in [2.75, 3.05) is 6.54 Å². The summed E-state index contributed by atoms with van der Waals surface area (Å²) in [5.41, 5.74) is 4.06. The quantitative estimate of drug-likeness (QED) is 0.325. The maximum atomic E-state index is 13.0. The van der Waals surface area contributed by atoms with E-state index in [0.717, 1.165) is 34.5 Å². The third kappa shape index (κ3) is 5.00. The molecule has 0 aliphatic carbocycles. The number of nitrogens with one attached hydrogen (secondary N) is 2. The molecule has 0 saturated heterocycles. The van der Waals surface area contributed by atoms with Gasteiger partial charge in [-0.15, -0.1) is 0 Å². The van der Waals surface area contributed by atoms with Crippen molar-refractivity contribution in [2.45, 2.75) is 12.6 Å². The molecule has 6 nitrogen and oxygen atoms in total. The van der Waals surface area contributed by atoms with Crippen molar-refractivity contribution in [1.29, 1.82) is 0 Å². The molecule has 5 rings (SSSR count). The lowest BCUT2D eigenvalue weighted by Crippen LogP contribution is -2.25. The van der Waals surface area contributed by atoms with Crippen molar-refractivity contribution in [3.05, 3.63) is 96.1 Å². The van der Waals surface area contributed by atoms with Gasteiger partial charge in [-0.2, -0.15) is 13.2 Å². The number of halogens is 3. The van der Waals surface area contributed by atoms with E-state index in [9.17, 15) is 18.0 Å². The van der Waals surface area contributed by atoms with Crippen LogP contribution in [0.5, 0.6) is 0 Å². The summed E-state index contributed by atoms with van der Waals surface area (Å²) in [6, 6.07) is 18.2. The second-order valence-electron chi connectivity index (χ2n) is 8.51. The molecule has 3 aromatic carbocycles. The molecule has 0 saturated carbocycles. The van der Waals surface area contributed by atoms with Crippen LogP contribution in [0.15, 0.2) is 79.3 Å². The van der Waals surface area contributed by atoms with E-state index < -0.39 is 11.7 Å². The van der Waals surface area contributed by atoms with Gasteiger partial charge >= 0.3 is 6.18 Å². The minimum absolute atomic E-state index is 0.160. The normalized spacial score (nSPS) is 11.7. The molecular weight excluding hydrogens is 467 g/mol. The Hall–Kier alpha value is -4.40. The summed E-state index contributed by atoms with van der Waals surface area (Å²) >= 11 is 0. The van der Waals surface area contributed by atoms with Crippen molar-refractivity contribution < 1.29 is 18.0 Å². The number of aromatic nitrogens is 4. The Bertz CT molecular complexity index is 1530. The third-order valence-corrected chi connectivity index (χ3v) is 5.85. The first-order chi connectivity index (χ1) is 17.3. The molecule has 0 radical (unpaired) electrons. The van der Waals surface area contributed by atoms with E-state index in [2.05, 4.69) is 20.3 Å². The number of aromatic amines is 1. The topological polar surface area (TPSA) is 75.6 Å². The van der Waals surface area contributed by atoms with Crippen molar-refractivity contribution in [1.82, 2.24) is 24.8 Å². The van der Waals surface area contributed by atoms with Crippen LogP contribution >= 0.6 is 0 Å². The molecule has 0 bridgehead atoms. The molecule has 0 fully saturated rings. The highest BCUT2D eigenvalue weighted by Gasteiger charge is 2.30. The van der Waals surface area contributed by atoms with Crippen molar-refractivity contribution in [2.24, 2.45) is 7.05 Å². The second kappa shape index (κ2) is 9.33. The Labute approximate surface area is 204 Å². The van der Waals surface area contributed by atoms with Crippen molar-refractivity contribution >= 4 is 16.9 Å². The summed E-state index contributed by atoms with van der Waals surface area (Å²) in [4.78, 5) is 24.2. The minimum Gasteiger partial charge on any atom is -0.352 e. The molecule has 9 heteroatoms. The van der Waals surface area contributed by atoms with Crippen LogP contribution < -0.4 is 5.32 Å². The molecule has 2 N–H and O–H groups in total. The second-order valence-corrected chi connectivity index (χ2v) is 8.51. The van der Waals surface area contributed by atoms with Crippen LogP contribution in [-0.2, 0) is 19.6 Å². The number of aryl methyl sites for hydroxylation is 1. The first-order valence-corrected chi connectivity index (χ1v) is 11.3. The Morgan fingerprint density at radius 1 is 1.00 bits per heavy atom. The van der Waals surface area contributed by atoms with Crippen LogP contribution in [0.2, 0.25) is 0 Å². The number of nitrogens with zero attached hydrogens (tertiary/aromatic N) is 3. The van der Waals surface area contributed by atoms with Gasteiger partial charge in [0.1, 0.15) is 5.82 Å². The highest BCUT2D eigenvalue weighted by Crippen LogP contribution is 2.32. The van der Waals surface area contributed by atoms with E-state index >= 15 is 0 Å². The number of rotatable bonds is 6. The van der Waals surface area contributed by atoms with Gasteiger partial charge < -0.3 is 14.9 Å². The zero-order chi connectivity index (χ0) is 25.3. The maximum Gasteiger partial charge on any atom is 0.416 e. The van der Waals surface area contributed by atoms with Gasteiger partial charge in [0, 0.05) is 37.3 Å². The summed E-state index contributed by atoms with van der Waals surface area (Å²) in [6.45, 7) is 0.488. The number of imidazole rings is 2. The molecule has 2 heterocycles. The highest BCUT2D eigenvalue weighted by atomic mass is 19.4. The monoisotopic (exact) mass is 489 g/mol. The minimum atomic E-state index is -4.42. The van der Waals surface area contributed by atoms with Crippen LogP contribution in [-0.4, -0.2) is 32.0 Å². The molecule has 0 atom stereocenters. The summed E-state index contributed by atoms with van der Waals surface area (Å²) in [7, 11) is 1.90. The van der Waals surface area contributed by atoms with Gasteiger partial charge in [-0.25, -0.2) is 9.97 Å². The van der Waals surface area contributed by atoms with Gasteiger partial charge in [0.15, 0.2) is 0 Å². The number of benzene rings is 3. The molecule has 0 spiro atoms.